The molecule has 1 N–H and O–H groups in total. The van der Waals surface area contributed by atoms with E-state index in [4.69, 9.17) is 5.11 Å². The number of benzene rings is 1. The summed E-state index contributed by atoms with van der Waals surface area (Å²) < 4.78 is 0. The van der Waals surface area contributed by atoms with Gasteiger partial charge in [-0.25, -0.2) is 0 Å². The van der Waals surface area contributed by atoms with Crippen molar-refractivity contribution in [2.75, 3.05) is 0 Å². The Kier molecular flexibility index (Phi) is 2.69. The smallest absolute Gasteiger partial charge is 0.0682 e. The first-order valence-electron chi connectivity index (χ1n) is 5.25. The molecule has 0 bridgehead atoms. The largest absolute Gasteiger partial charge is 0.392 e. The molecule has 0 spiro atoms. The van der Waals surface area contributed by atoms with Crippen LogP contribution in [0.4, 0.5) is 0 Å². The highest BCUT2D eigenvalue weighted by Crippen LogP contribution is 2.26. The van der Waals surface area contributed by atoms with Crippen molar-refractivity contribution in [3.63, 3.8) is 0 Å². The Morgan fingerprint density at radius 1 is 1.29 bits per heavy atom. The molecule has 1 aliphatic carbocycles. The molecule has 0 unspecified atom stereocenters. The summed E-state index contributed by atoms with van der Waals surface area (Å²) in [6.07, 6.45) is 5.77. The van der Waals surface area contributed by atoms with E-state index in [-0.39, 0.29) is 6.61 Å². The Balaban J connectivity index is 2.39. The molecule has 1 aromatic rings. The molecule has 1 aliphatic rings. The van der Waals surface area contributed by atoms with Crippen LogP contribution >= 0.6 is 0 Å². The van der Waals surface area contributed by atoms with Crippen molar-refractivity contribution >= 4 is 6.08 Å². The molecule has 0 amide bonds. The minimum Gasteiger partial charge on any atom is -0.392 e. The number of aliphatic hydroxyl groups excluding tert-OH is 1. The Morgan fingerprint density at radius 3 is 2.86 bits per heavy atom. The summed E-state index contributed by atoms with van der Waals surface area (Å²) in [7, 11) is 0. The van der Waals surface area contributed by atoms with Crippen LogP contribution in [0.2, 0.25) is 0 Å². The zero-order chi connectivity index (χ0) is 9.97. The lowest BCUT2D eigenvalue weighted by molar-refractivity contribution is 0.282. The number of fused-ring (bicyclic) bond motifs is 1. The summed E-state index contributed by atoms with van der Waals surface area (Å²) in [5.74, 6) is 0. The molecule has 74 valence electrons. The Bertz CT molecular complexity index is 363. The van der Waals surface area contributed by atoms with Crippen LogP contribution < -0.4 is 0 Å². The third-order valence-electron chi connectivity index (χ3n) is 2.92. The average Bonchev–Trinajstić information content (AvgIpc) is 2.27. The lowest BCUT2D eigenvalue weighted by Gasteiger charge is -2.16. The van der Waals surface area contributed by atoms with E-state index in [0.717, 1.165) is 18.4 Å². The van der Waals surface area contributed by atoms with Crippen LogP contribution in [0.25, 0.3) is 6.08 Å². The van der Waals surface area contributed by atoms with Gasteiger partial charge in [0.1, 0.15) is 0 Å². The quantitative estimate of drug-likeness (QED) is 0.756. The lowest BCUT2D eigenvalue weighted by atomic mass is 9.90. The number of aliphatic hydroxyl groups is 1. The predicted molar refractivity (Wildman–Crippen MR) is 59.0 cm³/mol. The van der Waals surface area contributed by atoms with Crippen molar-refractivity contribution < 1.29 is 5.11 Å². The van der Waals surface area contributed by atoms with Gasteiger partial charge in [0.15, 0.2) is 0 Å². The lowest BCUT2D eigenvalue weighted by Crippen LogP contribution is -1.99. The zero-order valence-corrected chi connectivity index (χ0v) is 8.59. The zero-order valence-electron chi connectivity index (χ0n) is 8.59. The molecule has 1 aromatic carbocycles. The van der Waals surface area contributed by atoms with E-state index in [9.17, 15) is 0 Å². The maximum Gasteiger partial charge on any atom is 0.0682 e. The van der Waals surface area contributed by atoms with Crippen molar-refractivity contribution in [3.05, 3.63) is 40.5 Å². The van der Waals surface area contributed by atoms with Crippen molar-refractivity contribution in [2.24, 2.45) is 0 Å². The predicted octanol–water partition coefficient (Wildman–Crippen LogP) is 2.92. The highest BCUT2D eigenvalue weighted by molar-refractivity contribution is 5.60. The van der Waals surface area contributed by atoms with Crippen LogP contribution in [-0.4, -0.2) is 5.11 Å². The highest BCUT2D eigenvalue weighted by atomic mass is 16.3. The molecule has 1 heteroatoms. The number of hydrogen-bond donors (Lipinski definition) is 1. The van der Waals surface area contributed by atoms with Gasteiger partial charge in [0.25, 0.3) is 0 Å². The second-order valence-electron chi connectivity index (χ2n) is 3.85. The summed E-state index contributed by atoms with van der Waals surface area (Å²) in [5, 5.41) is 9.04. The van der Waals surface area contributed by atoms with Gasteiger partial charge < -0.3 is 5.11 Å². The Hall–Kier alpha value is -1.08. The first-order chi connectivity index (χ1) is 6.83. The average molecular weight is 188 g/mol. The second-order valence-corrected chi connectivity index (χ2v) is 3.85. The van der Waals surface area contributed by atoms with Crippen molar-refractivity contribution in [1.29, 1.82) is 0 Å². The molecule has 1 nitrogen and oxygen atoms in total. The second kappa shape index (κ2) is 3.97. The van der Waals surface area contributed by atoms with Gasteiger partial charge in [0.2, 0.25) is 0 Å². The van der Waals surface area contributed by atoms with Crippen molar-refractivity contribution in [2.45, 2.75) is 32.8 Å². The fraction of sp³-hybridized carbons (Fsp3) is 0.385. The van der Waals surface area contributed by atoms with Gasteiger partial charge in [-0.1, -0.05) is 30.7 Å². The van der Waals surface area contributed by atoms with Crippen LogP contribution in [0.3, 0.4) is 0 Å². The van der Waals surface area contributed by atoms with Crippen LogP contribution in [0, 0.1) is 0 Å². The Morgan fingerprint density at radius 2 is 2.14 bits per heavy atom. The van der Waals surface area contributed by atoms with Crippen LogP contribution in [0.1, 0.15) is 36.5 Å². The molecule has 0 radical (unpaired) electrons. The van der Waals surface area contributed by atoms with Gasteiger partial charge in [-0.15, -0.1) is 0 Å². The monoisotopic (exact) mass is 188 g/mol. The summed E-state index contributed by atoms with van der Waals surface area (Å²) in [4.78, 5) is 0. The summed E-state index contributed by atoms with van der Waals surface area (Å²) in [6.45, 7) is 2.34. The van der Waals surface area contributed by atoms with Crippen LogP contribution in [0.5, 0.6) is 0 Å². The standard InChI is InChI=1S/C13H16O/c1-2-10-3-5-12-6-4-11(9-14)8-13(12)7-10/h4,6-8,14H,2-3,5,9H2,1H3. The number of allylic oxidation sites excluding steroid dienone is 1. The van der Waals surface area contributed by atoms with E-state index in [2.05, 4.69) is 25.1 Å². The molecule has 0 saturated carbocycles. The number of aryl methyl sites for hydroxylation is 1. The molecule has 14 heavy (non-hydrogen) atoms. The molecular weight excluding hydrogens is 172 g/mol. The van der Waals surface area contributed by atoms with Gasteiger partial charge in [-0.2, -0.15) is 0 Å². The number of rotatable bonds is 2. The van der Waals surface area contributed by atoms with E-state index in [1.807, 2.05) is 6.07 Å². The summed E-state index contributed by atoms with van der Waals surface area (Å²) in [6, 6.07) is 6.26. The van der Waals surface area contributed by atoms with Gasteiger partial charge >= 0.3 is 0 Å². The fourth-order valence-electron chi connectivity index (χ4n) is 1.97. The van der Waals surface area contributed by atoms with Gasteiger partial charge in [0, 0.05) is 0 Å². The maximum atomic E-state index is 9.04. The Labute approximate surface area is 85.1 Å². The molecular formula is C13H16O. The molecule has 0 aromatic heterocycles. The maximum absolute atomic E-state index is 9.04. The minimum atomic E-state index is 0.141. The fourth-order valence-corrected chi connectivity index (χ4v) is 1.97. The van der Waals surface area contributed by atoms with E-state index in [1.165, 1.54) is 23.1 Å². The topological polar surface area (TPSA) is 20.2 Å². The molecule has 2 rings (SSSR count). The summed E-state index contributed by atoms with van der Waals surface area (Å²) >= 11 is 0. The van der Waals surface area contributed by atoms with Crippen molar-refractivity contribution in [1.82, 2.24) is 0 Å². The number of hydrogen-bond acceptors (Lipinski definition) is 1. The SMILES string of the molecule is CCC1=Cc2cc(CO)ccc2CC1. The van der Waals surface area contributed by atoms with E-state index < -0.39 is 0 Å². The summed E-state index contributed by atoms with van der Waals surface area (Å²) in [5.41, 5.74) is 5.25. The molecule has 0 atom stereocenters. The molecule has 0 heterocycles. The van der Waals surface area contributed by atoms with E-state index in [1.54, 1.807) is 0 Å². The highest BCUT2D eigenvalue weighted by Gasteiger charge is 2.09. The molecule has 0 aliphatic heterocycles. The first-order valence-corrected chi connectivity index (χ1v) is 5.25. The van der Waals surface area contributed by atoms with Gasteiger partial charge in [-0.3, -0.25) is 0 Å². The van der Waals surface area contributed by atoms with Crippen molar-refractivity contribution in [3.8, 4) is 0 Å². The van der Waals surface area contributed by atoms with E-state index in [0.29, 0.717) is 0 Å². The normalized spacial score (nSPS) is 14.9. The first kappa shape index (κ1) is 9.47. The minimum absolute atomic E-state index is 0.141. The van der Waals surface area contributed by atoms with Gasteiger partial charge in [0.05, 0.1) is 6.61 Å². The third-order valence-corrected chi connectivity index (χ3v) is 2.92. The van der Waals surface area contributed by atoms with Gasteiger partial charge in [-0.05, 0) is 42.0 Å². The molecule has 0 saturated heterocycles. The third kappa shape index (κ3) is 1.73. The molecule has 0 fully saturated rings. The van der Waals surface area contributed by atoms with E-state index >= 15 is 0 Å². The van der Waals surface area contributed by atoms with Crippen LogP contribution in [-0.2, 0) is 13.0 Å². The van der Waals surface area contributed by atoms with Crippen LogP contribution in [0.15, 0.2) is 23.8 Å².